The Hall–Kier alpha value is -0.610. The summed E-state index contributed by atoms with van der Waals surface area (Å²) in [6, 6.07) is 0.446. The van der Waals surface area contributed by atoms with E-state index in [1.807, 2.05) is 0 Å². The van der Waals surface area contributed by atoms with Crippen molar-refractivity contribution in [2.45, 2.75) is 45.3 Å². The molecule has 1 aliphatic rings. The summed E-state index contributed by atoms with van der Waals surface area (Å²) in [5.74, 6) is 0.436. The molecule has 0 bridgehead atoms. The lowest BCUT2D eigenvalue weighted by Gasteiger charge is -2.15. The van der Waals surface area contributed by atoms with Crippen LogP contribution in [0.3, 0.4) is 0 Å². The first-order valence-corrected chi connectivity index (χ1v) is 5.70. The van der Waals surface area contributed by atoms with Gasteiger partial charge in [0, 0.05) is 12.6 Å². The number of nitrogens with one attached hydrogen (secondary N) is 1. The van der Waals surface area contributed by atoms with E-state index in [2.05, 4.69) is 12.2 Å². The van der Waals surface area contributed by atoms with Crippen molar-refractivity contribution in [3.05, 3.63) is 0 Å². The molecule has 4 heteroatoms. The first kappa shape index (κ1) is 12.5. The third-order valence-corrected chi connectivity index (χ3v) is 2.71. The summed E-state index contributed by atoms with van der Waals surface area (Å²) in [5, 5.41) is 12.8. The highest BCUT2D eigenvalue weighted by molar-refractivity contribution is 5.69. The fraction of sp³-hybridized carbons (Fsp3) is 0.909. The average Bonchev–Trinajstić information content (AvgIpc) is 2.97. The molecule has 1 fully saturated rings. The minimum Gasteiger partial charge on any atom is -0.466 e. The van der Waals surface area contributed by atoms with E-state index in [0.717, 1.165) is 5.92 Å². The van der Waals surface area contributed by atoms with Crippen LogP contribution in [0.1, 0.15) is 33.1 Å². The summed E-state index contributed by atoms with van der Waals surface area (Å²) in [5.41, 5.74) is 0. The standard InChI is InChI=1S/C11H21NO3/c1-3-15-11(14)6-10(13)7-12-8(2)9-4-5-9/h8-10,12-13H,3-7H2,1-2H3. The van der Waals surface area contributed by atoms with Crippen LogP contribution in [0.4, 0.5) is 0 Å². The summed E-state index contributed by atoms with van der Waals surface area (Å²) in [4.78, 5) is 11.0. The smallest absolute Gasteiger partial charge is 0.308 e. The van der Waals surface area contributed by atoms with Crippen LogP contribution in [0.25, 0.3) is 0 Å². The van der Waals surface area contributed by atoms with Gasteiger partial charge in [0.2, 0.25) is 0 Å². The molecule has 88 valence electrons. The van der Waals surface area contributed by atoms with Crippen LogP contribution in [0.15, 0.2) is 0 Å². The predicted molar refractivity (Wildman–Crippen MR) is 57.4 cm³/mol. The van der Waals surface area contributed by atoms with Gasteiger partial charge in [0.1, 0.15) is 0 Å². The quantitative estimate of drug-likeness (QED) is 0.613. The Morgan fingerprint density at radius 2 is 2.27 bits per heavy atom. The number of aliphatic hydroxyl groups is 1. The van der Waals surface area contributed by atoms with E-state index in [0.29, 0.717) is 19.2 Å². The molecule has 0 amide bonds. The lowest BCUT2D eigenvalue weighted by molar-refractivity contribution is -0.145. The van der Waals surface area contributed by atoms with E-state index < -0.39 is 6.10 Å². The maximum Gasteiger partial charge on any atom is 0.308 e. The number of carbonyl (C=O) groups excluding carboxylic acids is 1. The summed E-state index contributed by atoms with van der Waals surface area (Å²) < 4.78 is 4.75. The molecule has 0 radical (unpaired) electrons. The Morgan fingerprint density at radius 3 is 2.80 bits per heavy atom. The molecular weight excluding hydrogens is 194 g/mol. The number of rotatable bonds is 7. The maximum atomic E-state index is 11.0. The van der Waals surface area contributed by atoms with E-state index in [1.54, 1.807) is 6.92 Å². The second-order valence-electron chi connectivity index (χ2n) is 4.20. The molecule has 4 nitrogen and oxygen atoms in total. The SMILES string of the molecule is CCOC(=O)CC(O)CNC(C)C1CC1. The number of hydrogen-bond acceptors (Lipinski definition) is 4. The molecule has 1 aliphatic carbocycles. The van der Waals surface area contributed by atoms with Crippen molar-refractivity contribution < 1.29 is 14.6 Å². The van der Waals surface area contributed by atoms with E-state index >= 15 is 0 Å². The first-order chi connectivity index (χ1) is 7.13. The average molecular weight is 215 g/mol. The van der Waals surface area contributed by atoms with Crippen molar-refractivity contribution in [3.63, 3.8) is 0 Å². The Morgan fingerprint density at radius 1 is 1.60 bits per heavy atom. The molecule has 0 aromatic heterocycles. The molecule has 0 spiro atoms. The summed E-state index contributed by atoms with van der Waals surface area (Å²) in [6.07, 6.45) is 2.01. The van der Waals surface area contributed by atoms with Gasteiger partial charge in [0.15, 0.2) is 0 Å². The number of aliphatic hydroxyl groups excluding tert-OH is 1. The van der Waals surface area contributed by atoms with Crippen molar-refractivity contribution in [1.29, 1.82) is 0 Å². The highest BCUT2D eigenvalue weighted by Crippen LogP contribution is 2.32. The molecule has 0 aliphatic heterocycles. The monoisotopic (exact) mass is 215 g/mol. The van der Waals surface area contributed by atoms with Gasteiger partial charge in [-0.1, -0.05) is 0 Å². The molecule has 1 saturated carbocycles. The zero-order valence-corrected chi connectivity index (χ0v) is 9.53. The number of carbonyl (C=O) groups is 1. The zero-order valence-electron chi connectivity index (χ0n) is 9.53. The van der Waals surface area contributed by atoms with Crippen LogP contribution in [-0.2, 0) is 9.53 Å². The highest BCUT2D eigenvalue weighted by Gasteiger charge is 2.27. The fourth-order valence-electron chi connectivity index (χ4n) is 1.57. The molecule has 15 heavy (non-hydrogen) atoms. The van der Waals surface area contributed by atoms with Crippen LogP contribution in [-0.4, -0.2) is 36.4 Å². The van der Waals surface area contributed by atoms with E-state index in [9.17, 15) is 9.90 Å². The predicted octanol–water partition coefficient (Wildman–Crippen LogP) is 0.689. The number of hydrogen-bond donors (Lipinski definition) is 2. The minimum absolute atomic E-state index is 0.0816. The zero-order chi connectivity index (χ0) is 11.3. The molecule has 2 N–H and O–H groups in total. The van der Waals surface area contributed by atoms with Gasteiger partial charge in [-0.2, -0.15) is 0 Å². The second kappa shape index (κ2) is 6.08. The van der Waals surface area contributed by atoms with Crippen LogP contribution in [0.2, 0.25) is 0 Å². The molecular formula is C11H21NO3. The van der Waals surface area contributed by atoms with Crippen LogP contribution in [0, 0.1) is 5.92 Å². The Bertz CT molecular complexity index is 204. The maximum absolute atomic E-state index is 11.0. The normalized spacial score (nSPS) is 19.7. The second-order valence-corrected chi connectivity index (χ2v) is 4.20. The van der Waals surface area contributed by atoms with Crippen LogP contribution < -0.4 is 5.32 Å². The minimum atomic E-state index is -0.634. The molecule has 2 unspecified atom stereocenters. The van der Waals surface area contributed by atoms with Gasteiger partial charge >= 0.3 is 5.97 Å². The summed E-state index contributed by atoms with van der Waals surface area (Å²) in [6.45, 7) is 4.72. The third-order valence-electron chi connectivity index (χ3n) is 2.71. The van der Waals surface area contributed by atoms with Gasteiger partial charge in [0.05, 0.1) is 19.1 Å². The Kier molecular flexibility index (Phi) is 5.05. The van der Waals surface area contributed by atoms with Gasteiger partial charge in [-0.15, -0.1) is 0 Å². The van der Waals surface area contributed by atoms with Crippen molar-refractivity contribution >= 4 is 5.97 Å². The van der Waals surface area contributed by atoms with E-state index in [-0.39, 0.29) is 12.4 Å². The van der Waals surface area contributed by atoms with Gasteiger partial charge < -0.3 is 15.2 Å². The lowest BCUT2D eigenvalue weighted by Crippen LogP contribution is -2.36. The van der Waals surface area contributed by atoms with Crippen molar-refractivity contribution in [3.8, 4) is 0 Å². The fourth-order valence-corrected chi connectivity index (χ4v) is 1.57. The van der Waals surface area contributed by atoms with Crippen molar-refractivity contribution in [2.75, 3.05) is 13.2 Å². The van der Waals surface area contributed by atoms with E-state index in [1.165, 1.54) is 12.8 Å². The molecule has 0 aromatic rings. The lowest BCUT2D eigenvalue weighted by atomic mass is 10.2. The molecule has 1 rings (SSSR count). The first-order valence-electron chi connectivity index (χ1n) is 5.70. The molecule has 0 saturated heterocycles. The van der Waals surface area contributed by atoms with Gasteiger partial charge in [-0.3, -0.25) is 4.79 Å². The van der Waals surface area contributed by atoms with Crippen molar-refractivity contribution in [1.82, 2.24) is 5.32 Å². The van der Waals surface area contributed by atoms with Gasteiger partial charge in [-0.25, -0.2) is 0 Å². The Balaban J connectivity index is 2.06. The summed E-state index contributed by atoms with van der Waals surface area (Å²) in [7, 11) is 0. The number of esters is 1. The van der Waals surface area contributed by atoms with Crippen molar-refractivity contribution in [2.24, 2.45) is 5.92 Å². The van der Waals surface area contributed by atoms with Crippen LogP contribution in [0.5, 0.6) is 0 Å². The highest BCUT2D eigenvalue weighted by atomic mass is 16.5. The Labute approximate surface area is 91.0 Å². The summed E-state index contributed by atoms with van der Waals surface area (Å²) >= 11 is 0. The topological polar surface area (TPSA) is 58.6 Å². The number of ether oxygens (including phenoxy) is 1. The van der Waals surface area contributed by atoms with Gasteiger partial charge in [-0.05, 0) is 32.6 Å². The largest absolute Gasteiger partial charge is 0.466 e. The molecule has 0 heterocycles. The van der Waals surface area contributed by atoms with E-state index in [4.69, 9.17) is 4.74 Å². The van der Waals surface area contributed by atoms with Gasteiger partial charge in [0.25, 0.3) is 0 Å². The third kappa shape index (κ3) is 5.14. The van der Waals surface area contributed by atoms with Crippen LogP contribution >= 0.6 is 0 Å². The molecule has 0 aromatic carbocycles. The molecule has 2 atom stereocenters.